The summed E-state index contributed by atoms with van der Waals surface area (Å²) in [6.45, 7) is 3.07. The normalized spacial score (nSPS) is 14.0. The fourth-order valence-corrected chi connectivity index (χ4v) is 6.94. The van der Waals surface area contributed by atoms with Gasteiger partial charge in [-0.2, -0.15) is 0 Å². The molecule has 10 nitrogen and oxygen atoms in total. The predicted octanol–water partition coefficient (Wildman–Crippen LogP) is 5.35. The molecule has 2 amide bonds. The second-order valence-electron chi connectivity index (χ2n) is 11.0. The van der Waals surface area contributed by atoms with E-state index in [-0.39, 0.29) is 45.6 Å². The van der Waals surface area contributed by atoms with Gasteiger partial charge in [0.15, 0.2) is 11.5 Å². The van der Waals surface area contributed by atoms with Gasteiger partial charge in [0.1, 0.15) is 18.3 Å². The Morgan fingerprint density at radius 3 is 2.16 bits per heavy atom. The molecule has 0 saturated heterocycles. The summed E-state index contributed by atoms with van der Waals surface area (Å²) in [5.74, 6) is -0.159. The molecule has 1 unspecified atom stereocenters. The van der Waals surface area contributed by atoms with Crippen LogP contribution in [0, 0.1) is 6.92 Å². The van der Waals surface area contributed by atoms with E-state index in [1.165, 1.54) is 56.6 Å². The molecule has 0 aliphatic heterocycles. The number of benzene rings is 3. The number of sulfonamides is 1. The highest BCUT2D eigenvalue weighted by Gasteiger charge is 2.35. The molecular formula is C33H40ClN3O7S. The van der Waals surface area contributed by atoms with Gasteiger partial charge in [-0.05, 0) is 62.6 Å². The lowest BCUT2D eigenvalue weighted by Crippen LogP contribution is -2.52. The number of halogens is 1. The van der Waals surface area contributed by atoms with Gasteiger partial charge >= 0.3 is 0 Å². The fourth-order valence-electron chi connectivity index (χ4n) is 5.34. The van der Waals surface area contributed by atoms with Crippen molar-refractivity contribution < 1.29 is 32.2 Å². The summed E-state index contributed by atoms with van der Waals surface area (Å²) < 4.78 is 45.8. The lowest BCUT2D eigenvalue weighted by Gasteiger charge is -2.33. The Kier molecular flexibility index (Phi) is 11.2. The Labute approximate surface area is 270 Å². The van der Waals surface area contributed by atoms with Crippen molar-refractivity contribution in [1.29, 1.82) is 0 Å². The van der Waals surface area contributed by atoms with Crippen LogP contribution in [-0.2, 0) is 26.2 Å². The number of anilines is 1. The van der Waals surface area contributed by atoms with E-state index in [9.17, 15) is 18.0 Å². The van der Waals surface area contributed by atoms with E-state index in [0.29, 0.717) is 5.75 Å². The van der Waals surface area contributed by atoms with E-state index in [1.54, 1.807) is 13.0 Å². The number of nitrogens with zero attached hydrogens (tertiary/aromatic N) is 2. The lowest BCUT2D eigenvalue weighted by molar-refractivity contribution is -0.139. The average Bonchev–Trinajstić information content (AvgIpc) is 3.55. The smallest absolute Gasteiger partial charge is 0.265 e. The van der Waals surface area contributed by atoms with Crippen molar-refractivity contribution in [1.82, 2.24) is 10.2 Å². The van der Waals surface area contributed by atoms with Crippen molar-refractivity contribution in [3.8, 4) is 17.2 Å². The zero-order chi connectivity index (χ0) is 32.7. The van der Waals surface area contributed by atoms with Gasteiger partial charge in [-0.25, -0.2) is 8.42 Å². The Morgan fingerprint density at radius 1 is 0.911 bits per heavy atom. The van der Waals surface area contributed by atoms with Gasteiger partial charge in [-0.15, -0.1) is 0 Å². The molecule has 0 radical (unpaired) electrons. The third-order valence-corrected chi connectivity index (χ3v) is 9.96. The highest BCUT2D eigenvalue weighted by atomic mass is 35.5. The quantitative estimate of drug-likeness (QED) is 0.264. The number of carbonyl (C=O) groups excluding carboxylic acids is 2. The first-order valence-electron chi connectivity index (χ1n) is 14.7. The van der Waals surface area contributed by atoms with Crippen LogP contribution in [0.5, 0.6) is 17.2 Å². The van der Waals surface area contributed by atoms with Crippen LogP contribution in [0.3, 0.4) is 0 Å². The maximum absolute atomic E-state index is 14.3. The molecule has 0 heterocycles. The van der Waals surface area contributed by atoms with Crippen LogP contribution in [0.4, 0.5) is 5.69 Å². The third-order valence-electron chi connectivity index (χ3n) is 7.97. The highest BCUT2D eigenvalue weighted by molar-refractivity contribution is 7.92. The zero-order valence-corrected chi connectivity index (χ0v) is 27.8. The summed E-state index contributed by atoms with van der Waals surface area (Å²) in [6, 6.07) is 15.5. The molecule has 1 aliphatic carbocycles. The van der Waals surface area contributed by atoms with Crippen LogP contribution < -0.4 is 23.8 Å². The van der Waals surface area contributed by atoms with E-state index in [1.807, 2.05) is 31.2 Å². The molecule has 0 aromatic heterocycles. The molecule has 12 heteroatoms. The topological polar surface area (TPSA) is 114 Å². The van der Waals surface area contributed by atoms with E-state index in [4.69, 9.17) is 25.8 Å². The second-order valence-corrected chi connectivity index (χ2v) is 13.3. The predicted molar refractivity (Wildman–Crippen MR) is 174 cm³/mol. The number of hydrogen-bond donors (Lipinski definition) is 1. The molecule has 3 aromatic rings. The average molecular weight is 658 g/mol. The third kappa shape index (κ3) is 8.01. The van der Waals surface area contributed by atoms with Crippen molar-refractivity contribution in [2.45, 2.75) is 63.1 Å². The van der Waals surface area contributed by atoms with Crippen molar-refractivity contribution in [3.05, 3.63) is 76.8 Å². The number of hydrogen-bond acceptors (Lipinski definition) is 7. The molecular weight excluding hydrogens is 618 g/mol. The van der Waals surface area contributed by atoms with Gasteiger partial charge in [-0.1, -0.05) is 54.3 Å². The number of carbonyl (C=O) groups is 2. The summed E-state index contributed by atoms with van der Waals surface area (Å²) in [4.78, 5) is 29.0. The van der Waals surface area contributed by atoms with Gasteiger partial charge in [-0.3, -0.25) is 13.9 Å². The van der Waals surface area contributed by atoms with E-state index >= 15 is 0 Å². The Hall–Kier alpha value is -3.96. The maximum Gasteiger partial charge on any atom is 0.265 e. The van der Waals surface area contributed by atoms with Gasteiger partial charge in [0.2, 0.25) is 11.8 Å². The van der Waals surface area contributed by atoms with Gasteiger partial charge in [0, 0.05) is 23.7 Å². The lowest BCUT2D eigenvalue weighted by atomic mass is 10.1. The molecule has 1 aliphatic rings. The van der Waals surface area contributed by atoms with Crippen LogP contribution in [-0.4, -0.2) is 65.1 Å². The van der Waals surface area contributed by atoms with E-state index in [2.05, 4.69) is 5.32 Å². The number of amides is 2. The molecule has 1 atom stereocenters. The SMILES string of the molecule is COc1ccc(S(=O)(=O)N(CC(=O)N(Cc2ccc(C)cc2)C(C)C(=O)NC2CCCC2)c2cc(Cl)ccc2OC)cc1OC. The van der Waals surface area contributed by atoms with Gasteiger partial charge in [0.05, 0.1) is 31.9 Å². The van der Waals surface area contributed by atoms with E-state index in [0.717, 1.165) is 41.1 Å². The molecule has 45 heavy (non-hydrogen) atoms. The van der Waals surface area contributed by atoms with E-state index < -0.39 is 28.5 Å². The minimum Gasteiger partial charge on any atom is -0.495 e. The van der Waals surface area contributed by atoms with Crippen LogP contribution in [0.25, 0.3) is 0 Å². The van der Waals surface area contributed by atoms with Crippen molar-refractivity contribution >= 4 is 39.1 Å². The largest absolute Gasteiger partial charge is 0.495 e. The summed E-state index contributed by atoms with van der Waals surface area (Å²) in [6.07, 6.45) is 3.85. The molecule has 1 saturated carbocycles. The maximum atomic E-state index is 14.3. The van der Waals surface area contributed by atoms with Gasteiger partial charge in [0.25, 0.3) is 10.0 Å². The first-order valence-corrected chi connectivity index (χ1v) is 16.5. The first-order chi connectivity index (χ1) is 21.5. The summed E-state index contributed by atoms with van der Waals surface area (Å²) in [7, 11) is -0.180. The Balaban J connectivity index is 1.77. The second kappa shape index (κ2) is 14.9. The fraction of sp³-hybridized carbons (Fsp3) is 0.394. The molecule has 0 bridgehead atoms. The Morgan fingerprint density at radius 2 is 1.53 bits per heavy atom. The standard InChI is InChI=1S/C33H40ClN3O7S/c1-22-10-12-24(13-11-22)20-36(23(2)33(39)35-26-8-6-7-9-26)32(38)21-37(28-18-25(34)14-16-29(28)42-3)45(40,41)27-15-17-30(43-4)31(19-27)44-5/h10-19,23,26H,6-9,20-21H2,1-5H3,(H,35,39). The monoisotopic (exact) mass is 657 g/mol. The number of ether oxygens (including phenoxy) is 3. The van der Waals surface area contributed by atoms with Crippen LogP contribution in [0.15, 0.2) is 65.6 Å². The number of nitrogens with one attached hydrogen (secondary N) is 1. The van der Waals surface area contributed by atoms with Crippen LogP contribution in [0.1, 0.15) is 43.7 Å². The zero-order valence-electron chi connectivity index (χ0n) is 26.2. The van der Waals surface area contributed by atoms with Crippen LogP contribution in [0.2, 0.25) is 5.02 Å². The molecule has 0 spiro atoms. The van der Waals surface area contributed by atoms with Crippen molar-refractivity contribution in [3.63, 3.8) is 0 Å². The van der Waals surface area contributed by atoms with Crippen molar-refractivity contribution in [2.24, 2.45) is 0 Å². The highest BCUT2D eigenvalue weighted by Crippen LogP contribution is 2.37. The van der Waals surface area contributed by atoms with Crippen molar-refractivity contribution in [2.75, 3.05) is 32.2 Å². The van der Waals surface area contributed by atoms with Gasteiger partial charge < -0.3 is 24.4 Å². The molecule has 242 valence electrons. The number of rotatable bonds is 13. The van der Waals surface area contributed by atoms with Crippen LogP contribution >= 0.6 is 11.6 Å². The minimum atomic E-state index is -4.42. The number of aryl methyl sites for hydroxylation is 1. The molecule has 1 N–H and O–H groups in total. The Bertz CT molecular complexity index is 1610. The summed E-state index contributed by atoms with van der Waals surface area (Å²) in [5.41, 5.74) is 1.90. The first kappa shape index (κ1) is 33.9. The molecule has 4 rings (SSSR count). The molecule has 1 fully saturated rings. The number of methoxy groups -OCH3 is 3. The summed E-state index contributed by atoms with van der Waals surface area (Å²) in [5, 5.41) is 3.31. The minimum absolute atomic E-state index is 0.0499. The summed E-state index contributed by atoms with van der Waals surface area (Å²) >= 11 is 6.33. The molecule has 3 aromatic carbocycles.